The number of benzene rings is 2. The van der Waals surface area contributed by atoms with E-state index in [0.29, 0.717) is 24.2 Å². The minimum atomic E-state index is -3.60. The van der Waals surface area contributed by atoms with Gasteiger partial charge >= 0.3 is 5.76 Å². The number of nitrogens with zero attached hydrogens (tertiary/aromatic N) is 2. The average Bonchev–Trinajstić information content (AvgIpc) is 3.31. The van der Waals surface area contributed by atoms with Gasteiger partial charge in [0.2, 0.25) is 10.0 Å². The van der Waals surface area contributed by atoms with Crippen LogP contribution in [0.4, 0.5) is 0 Å². The summed E-state index contributed by atoms with van der Waals surface area (Å²) in [5.41, 5.74) is 1.04. The number of Topliss-reactive ketones (excluding diaryl/α,β-unsaturated/α-hetero) is 1. The van der Waals surface area contributed by atoms with Crippen LogP contribution in [0.3, 0.4) is 0 Å². The summed E-state index contributed by atoms with van der Waals surface area (Å²) in [7, 11) is -3.60. The Hall–Kier alpha value is -2.71. The summed E-state index contributed by atoms with van der Waals surface area (Å²) in [5, 5.41) is 0. The summed E-state index contributed by atoms with van der Waals surface area (Å²) in [6, 6.07) is 13.0. The Morgan fingerprint density at radius 1 is 1.04 bits per heavy atom. The van der Waals surface area contributed by atoms with Gasteiger partial charge in [-0.05, 0) is 25.0 Å². The number of rotatable bonds is 5. The van der Waals surface area contributed by atoms with E-state index >= 15 is 0 Å². The predicted octanol–water partition coefficient (Wildman–Crippen LogP) is 2.26. The number of sulfonamides is 1. The van der Waals surface area contributed by atoms with Gasteiger partial charge in [0.05, 0.1) is 17.0 Å². The normalized spacial score (nSPS) is 15.4. The molecule has 4 rings (SSSR count). The van der Waals surface area contributed by atoms with Gasteiger partial charge in [-0.1, -0.05) is 30.3 Å². The summed E-state index contributed by atoms with van der Waals surface area (Å²) in [6.45, 7) is 0.821. The molecule has 0 amide bonds. The first-order valence-electron chi connectivity index (χ1n) is 8.68. The Bertz CT molecular complexity index is 1160. The smallest absolute Gasteiger partial charge is 0.408 e. The lowest BCUT2D eigenvalue weighted by molar-refractivity contribution is 0.0970. The molecular formula is C19H18N2O5S. The molecule has 0 N–H and O–H groups in total. The SMILES string of the molecule is O=C(Cn1c(=O)oc2cc(S(=O)(=O)N3CCCC3)ccc21)c1ccccc1. The van der Waals surface area contributed by atoms with Gasteiger partial charge < -0.3 is 4.42 Å². The molecule has 0 radical (unpaired) electrons. The van der Waals surface area contributed by atoms with Crippen LogP contribution >= 0.6 is 0 Å². The minimum Gasteiger partial charge on any atom is -0.408 e. The topological polar surface area (TPSA) is 89.6 Å². The van der Waals surface area contributed by atoms with Crippen molar-refractivity contribution >= 4 is 26.9 Å². The molecule has 1 saturated heterocycles. The average molecular weight is 386 g/mol. The molecule has 0 saturated carbocycles. The van der Waals surface area contributed by atoms with Crippen LogP contribution in [0.2, 0.25) is 0 Å². The van der Waals surface area contributed by atoms with Crippen molar-refractivity contribution in [3.05, 3.63) is 64.6 Å². The zero-order valence-corrected chi connectivity index (χ0v) is 15.3. The number of carbonyl (C=O) groups excluding carboxylic acids is 1. The van der Waals surface area contributed by atoms with E-state index < -0.39 is 15.8 Å². The highest BCUT2D eigenvalue weighted by Crippen LogP contribution is 2.24. The van der Waals surface area contributed by atoms with E-state index in [2.05, 4.69) is 0 Å². The van der Waals surface area contributed by atoms with E-state index in [9.17, 15) is 18.0 Å². The maximum atomic E-state index is 12.7. The molecule has 0 unspecified atom stereocenters. The van der Waals surface area contributed by atoms with Crippen molar-refractivity contribution in [3.63, 3.8) is 0 Å². The van der Waals surface area contributed by atoms with Gasteiger partial charge in [0.25, 0.3) is 0 Å². The molecule has 0 aliphatic carbocycles. The molecule has 1 aliphatic rings. The monoisotopic (exact) mass is 386 g/mol. The van der Waals surface area contributed by atoms with Crippen LogP contribution < -0.4 is 5.76 Å². The Labute approximate surface area is 155 Å². The second-order valence-corrected chi connectivity index (χ2v) is 8.42. The highest BCUT2D eigenvalue weighted by atomic mass is 32.2. The van der Waals surface area contributed by atoms with Crippen molar-refractivity contribution in [1.29, 1.82) is 0 Å². The quantitative estimate of drug-likeness (QED) is 0.628. The molecule has 0 spiro atoms. The third kappa shape index (κ3) is 3.22. The van der Waals surface area contributed by atoms with Crippen LogP contribution in [0.5, 0.6) is 0 Å². The van der Waals surface area contributed by atoms with E-state index in [1.807, 2.05) is 0 Å². The van der Waals surface area contributed by atoms with Crippen LogP contribution in [-0.4, -0.2) is 36.2 Å². The summed E-state index contributed by atoms with van der Waals surface area (Å²) in [5.74, 6) is -0.917. The molecule has 8 heteroatoms. The second kappa shape index (κ2) is 6.79. The number of ketones is 1. The van der Waals surface area contributed by atoms with E-state index in [0.717, 1.165) is 12.8 Å². The van der Waals surface area contributed by atoms with Gasteiger partial charge in [-0.25, -0.2) is 13.2 Å². The summed E-state index contributed by atoms with van der Waals surface area (Å²) >= 11 is 0. The van der Waals surface area contributed by atoms with Gasteiger partial charge in [0.15, 0.2) is 11.4 Å². The van der Waals surface area contributed by atoms with Crippen molar-refractivity contribution in [2.45, 2.75) is 24.3 Å². The lowest BCUT2D eigenvalue weighted by Crippen LogP contribution is -2.27. The Morgan fingerprint density at radius 2 is 1.74 bits per heavy atom. The van der Waals surface area contributed by atoms with Crippen LogP contribution in [0.25, 0.3) is 11.1 Å². The molecule has 1 aliphatic heterocycles. The van der Waals surface area contributed by atoms with Gasteiger partial charge in [0, 0.05) is 24.7 Å². The number of fused-ring (bicyclic) bond motifs is 1. The first-order valence-corrected chi connectivity index (χ1v) is 10.1. The highest BCUT2D eigenvalue weighted by molar-refractivity contribution is 7.89. The lowest BCUT2D eigenvalue weighted by atomic mass is 10.1. The number of hydrogen-bond donors (Lipinski definition) is 0. The zero-order valence-electron chi connectivity index (χ0n) is 14.5. The Kier molecular flexibility index (Phi) is 4.45. The molecule has 1 aromatic heterocycles. The molecule has 2 heterocycles. The molecule has 27 heavy (non-hydrogen) atoms. The largest absolute Gasteiger partial charge is 0.420 e. The van der Waals surface area contributed by atoms with E-state index in [4.69, 9.17) is 4.42 Å². The van der Waals surface area contributed by atoms with Crippen molar-refractivity contribution in [1.82, 2.24) is 8.87 Å². The Balaban J connectivity index is 1.69. The summed E-state index contributed by atoms with van der Waals surface area (Å²) < 4.78 is 33.2. The molecule has 3 aromatic rings. The first kappa shape index (κ1) is 17.7. The summed E-state index contributed by atoms with van der Waals surface area (Å²) in [6.07, 6.45) is 1.68. The summed E-state index contributed by atoms with van der Waals surface area (Å²) in [4.78, 5) is 24.7. The highest BCUT2D eigenvalue weighted by Gasteiger charge is 2.28. The van der Waals surface area contributed by atoms with Crippen molar-refractivity contribution in [2.24, 2.45) is 0 Å². The van der Waals surface area contributed by atoms with Crippen molar-refractivity contribution in [3.8, 4) is 0 Å². The van der Waals surface area contributed by atoms with E-state index in [1.165, 1.54) is 27.1 Å². The standard InChI is InChI=1S/C19H18N2O5S/c22-17(14-6-2-1-3-7-14)13-21-16-9-8-15(12-18(16)26-19(21)23)27(24,25)20-10-4-5-11-20/h1-3,6-9,12H,4-5,10-11,13H2. The number of oxazole rings is 1. The van der Waals surface area contributed by atoms with Crippen LogP contribution in [-0.2, 0) is 16.6 Å². The molecule has 0 bridgehead atoms. The third-order valence-electron chi connectivity index (χ3n) is 4.74. The number of aromatic nitrogens is 1. The number of hydrogen-bond acceptors (Lipinski definition) is 5. The van der Waals surface area contributed by atoms with Crippen molar-refractivity contribution < 1.29 is 17.6 Å². The van der Waals surface area contributed by atoms with Gasteiger partial charge in [-0.15, -0.1) is 0 Å². The van der Waals surface area contributed by atoms with Crippen molar-refractivity contribution in [2.75, 3.05) is 13.1 Å². The predicted molar refractivity (Wildman–Crippen MR) is 99.2 cm³/mol. The van der Waals surface area contributed by atoms with Crippen LogP contribution in [0.15, 0.2) is 62.6 Å². The number of carbonyl (C=O) groups is 1. The maximum Gasteiger partial charge on any atom is 0.420 e. The fraction of sp³-hybridized carbons (Fsp3) is 0.263. The van der Waals surface area contributed by atoms with Gasteiger partial charge in [-0.2, -0.15) is 4.31 Å². The van der Waals surface area contributed by atoms with Gasteiger partial charge in [-0.3, -0.25) is 9.36 Å². The molecular weight excluding hydrogens is 368 g/mol. The van der Waals surface area contributed by atoms with Crippen LogP contribution in [0, 0.1) is 0 Å². The zero-order chi connectivity index (χ0) is 19.0. The maximum absolute atomic E-state index is 12.7. The third-order valence-corrected chi connectivity index (χ3v) is 6.63. The second-order valence-electron chi connectivity index (χ2n) is 6.48. The molecule has 2 aromatic carbocycles. The van der Waals surface area contributed by atoms with E-state index in [1.54, 1.807) is 30.3 Å². The molecule has 140 valence electrons. The fourth-order valence-corrected chi connectivity index (χ4v) is 4.83. The fourth-order valence-electron chi connectivity index (χ4n) is 3.29. The minimum absolute atomic E-state index is 0.0900. The Morgan fingerprint density at radius 3 is 2.44 bits per heavy atom. The molecule has 0 atom stereocenters. The van der Waals surface area contributed by atoms with E-state index in [-0.39, 0.29) is 22.8 Å². The molecule has 1 fully saturated rings. The first-order chi connectivity index (χ1) is 13.0. The van der Waals surface area contributed by atoms with Gasteiger partial charge in [0.1, 0.15) is 0 Å². The molecule has 7 nitrogen and oxygen atoms in total. The lowest BCUT2D eigenvalue weighted by Gasteiger charge is -2.15. The van der Waals surface area contributed by atoms with Crippen LogP contribution in [0.1, 0.15) is 23.2 Å².